The molecule has 3 aromatic rings. The van der Waals surface area contributed by atoms with E-state index in [2.05, 4.69) is 5.32 Å². The van der Waals surface area contributed by atoms with Crippen molar-refractivity contribution < 1.29 is 22.4 Å². The molecule has 170 valence electrons. The number of benzene rings is 2. The molecule has 0 unspecified atom stereocenters. The number of amides is 1. The van der Waals surface area contributed by atoms with Gasteiger partial charge < -0.3 is 14.5 Å². The molecule has 0 aliphatic carbocycles. The lowest BCUT2D eigenvalue weighted by Gasteiger charge is -2.31. The Morgan fingerprint density at radius 3 is 2.75 bits per heavy atom. The van der Waals surface area contributed by atoms with Crippen LogP contribution in [0.3, 0.4) is 0 Å². The second-order valence-electron chi connectivity index (χ2n) is 7.60. The largest absolute Gasteiger partial charge is 0.495 e. The second kappa shape index (κ2) is 8.61. The summed E-state index contributed by atoms with van der Waals surface area (Å²) in [6.07, 6.45) is 1.11. The minimum Gasteiger partial charge on any atom is -0.495 e. The first-order valence-electron chi connectivity index (χ1n) is 9.95. The lowest BCUT2D eigenvalue weighted by Crippen LogP contribution is -2.43. The molecule has 1 aromatic heterocycles. The van der Waals surface area contributed by atoms with Crippen LogP contribution >= 0.6 is 11.6 Å². The number of methoxy groups -OCH3 is 1. The van der Waals surface area contributed by atoms with Crippen LogP contribution in [0.4, 0.5) is 5.69 Å². The molecule has 1 saturated heterocycles. The van der Waals surface area contributed by atoms with Gasteiger partial charge in [-0.25, -0.2) is 13.2 Å². The van der Waals surface area contributed by atoms with Crippen molar-refractivity contribution in [1.82, 2.24) is 8.87 Å². The number of carbonyl (C=O) groups excluding carboxylic acids is 1. The number of piperidine rings is 1. The third-order valence-electron chi connectivity index (χ3n) is 5.58. The van der Waals surface area contributed by atoms with Crippen LogP contribution in [0, 0.1) is 5.92 Å². The number of nitrogens with zero attached hydrogens (tertiary/aromatic N) is 2. The average molecular weight is 480 g/mol. The zero-order valence-corrected chi connectivity index (χ0v) is 19.1. The maximum absolute atomic E-state index is 13.2. The van der Waals surface area contributed by atoms with Crippen molar-refractivity contribution >= 4 is 44.3 Å². The van der Waals surface area contributed by atoms with Crippen molar-refractivity contribution in [2.75, 3.05) is 25.5 Å². The van der Waals surface area contributed by atoms with E-state index in [-0.39, 0.29) is 22.9 Å². The molecule has 0 saturated carbocycles. The normalized spacial score (nSPS) is 17.4. The molecule has 32 heavy (non-hydrogen) atoms. The molecule has 11 heteroatoms. The summed E-state index contributed by atoms with van der Waals surface area (Å²) >= 11 is 6.11. The van der Waals surface area contributed by atoms with Gasteiger partial charge in [-0.3, -0.25) is 9.36 Å². The Hall–Kier alpha value is -2.82. The summed E-state index contributed by atoms with van der Waals surface area (Å²) in [6.45, 7) is 0.353. The number of oxazole rings is 1. The summed E-state index contributed by atoms with van der Waals surface area (Å²) in [4.78, 5) is 24.5. The van der Waals surface area contributed by atoms with E-state index >= 15 is 0 Å². The van der Waals surface area contributed by atoms with Crippen molar-refractivity contribution in [1.29, 1.82) is 0 Å². The van der Waals surface area contributed by atoms with E-state index < -0.39 is 21.7 Å². The van der Waals surface area contributed by atoms with Gasteiger partial charge in [0.15, 0.2) is 5.58 Å². The van der Waals surface area contributed by atoms with Crippen LogP contribution in [0.2, 0.25) is 5.02 Å². The Morgan fingerprint density at radius 1 is 1.25 bits per heavy atom. The summed E-state index contributed by atoms with van der Waals surface area (Å²) in [5.41, 5.74) is 1.20. The number of rotatable bonds is 5. The van der Waals surface area contributed by atoms with Crippen molar-refractivity contribution in [3.05, 3.63) is 52.0 Å². The highest BCUT2D eigenvalue weighted by molar-refractivity contribution is 7.89. The van der Waals surface area contributed by atoms with Crippen molar-refractivity contribution in [3.8, 4) is 5.75 Å². The average Bonchev–Trinajstić information content (AvgIpc) is 3.07. The molecule has 0 spiro atoms. The second-order valence-corrected chi connectivity index (χ2v) is 9.94. The summed E-state index contributed by atoms with van der Waals surface area (Å²) < 4.78 is 39.2. The van der Waals surface area contributed by atoms with E-state index in [0.717, 1.165) is 0 Å². The fraction of sp³-hybridized carbons (Fsp3) is 0.333. The van der Waals surface area contributed by atoms with Gasteiger partial charge in [0.05, 0.1) is 28.5 Å². The molecule has 2 aromatic carbocycles. The quantitative estimate of drug-likeness (QED) is 0.602. The highest BCUT2D eigenvalue weighted by Crippen LogP contribution is 2.29. The number of anilines is 1. The number of aromatic nitrogens is 1. The lowest BCUT2D eigenvalue weighted by atomic mass is 9.98. The molecule has 1 aliphatic heterocycles. The minimum absolute atomic E-state index is 0.0161. The Balaban J connectivity index is 1.52. The van der Waals surface area contributed by atoms with Gasteiger partial charge in [0.25, 0.3) is 0 Å². The molecule has 1 fully saturated rings. The van der Waals surface area contributed by atoms with Gasteiger partial charge >= 0.3 is 5.76 Å². The van der Waals surface area contributed by atoms with Crippen LogP contribution in [0.1, 0.15) is 12.8 Å². The van der Waals surface area contributed by atoms with Crippen LogP contribution < -0.4 is 15.8 Å². The molecular weight excluding hydrogens is 458 g/mol. The van der Waals surface area contributed by atoms with Gasteiger partial charge in [0, 0.05) is 31.9 Å². The number of nitrogens with one attached hydrogen (secondary N) is 1. The Bertz CT molecular complexity index is 1350. The Labute approximate surface area is 189 Å². The third kappa shape index (κ3) is 4.13. The van der Waals surface area contributed by atoms with Gasteiger partial charge in [-0.05, 0) is 43.2 Å². The summed E-state index contributed by atoms with van der Waals surface area (Å²) in [6, 6.07) is 9.22. The highest BCUT2D eigenvalue weighted by atomic mass is 35.5. The number of sulfonamides is 1. The predicted molar refractivity (Wildman–Crippen MR) is 120 cm³/mol. The van der Waals surface area contributed by atoms with Gasteiger partial charge in [-0.15, -0.1) is 0 Å². The molecule has 2 heterocycles. The van der Waals surface area contributed by atoms with E-state index in [4.69, 9.17) is 20.8 Å². The van der Waals surface area contributed by atoms with E-state index in [1.807, 2.05) is 0 Å². The first-order valence-corrected chi connectivity index (χ1v) is 11.8. The first kappa shape index (κ1) is 22.4. The Morgan fingerprint density at radius 2 is 2.03 bits per heavy atom. The predicted octanol–water partition coefficient (Wildman–Crippen LogP) is 2.83. The standard InChI is InChI=1S/C21H22ClN3O6S/c1-24-17-7-6-15(11-19(17)31-21(24)27)32(28,29)25-9-3-4-13(12-25)20(26)23-14-5-8-18(30-2)16(22)10-14/h5-8,10-11,13H,3-4,9,12H2,1-2H3,(H,23,26)/t13-/m1/s1. The molecule has 0 radical (unpaired) electrons. The molecule has 1 N–H and O–H groups in total. The fourth-order valence-corrected chi connectivity index (χ4v) is 5.58. The molecular formula is C21H22ClN3O6S. The van der Waals surface area contributed by atoms with Crippen LogP contribution in [0.25, 0.3) is 11.1 Å². The smallest absolute Gasteiger partial charge is 0.419 e. The zero-order chi connectivity index (χ0) is 23.0. The number of fused-ring (bicyclic) bond motifs is 1. The molecule has 4 rings (SSSR count). The lowest BCUT2D eigenvalue weighted by molar-refractivity contribution is -0.120. The minimum atomic E-state index is -3.87. The monoisotopic (exact) mass is 479 g/mol. The number of aryl methyl sites for hydroxylation is 1. The number of carbonyl (C=O) groups is 1. The molecule has 0 bridgehead atoms. The van der Waals surface area contributed by atoms with Gasteiger partial charge in [0.2, 0.25) is 15.9 Å². The number of halogens is 1. The molecule has 1 aliphatic rings. The van der Waals surface area contributed by atoms with E-state index in [0.29, 0.717) is 41.4 Å². The van der Waals surface area contributed by atoms with Crippen molar-refractivity contribution in [3.63, 3.8) is 0 Å². The van der Waals surface area contributed by atoms with E-state index in [1.54, 1.807) is 25.2 Å². The maximum atomic E-state index is 13.2. The SMILES string of the molecule is COc1ccc(NC(=O)[C@@H]2CCCN(S(=O)(=O)c3ccc4c(c3)oc(=O)n4C)C2)cc1Cl. The van der Waals surface area contributed by atoms with Gasteiger partial charge in [-0.2, -0.15) is 4.31 Å². The van der Waals surface area contributed by atoms with Gasteiger partial charge in [0.1, 0.15) is 5.75 Å². The summed E-state index contributed by atoms with van der Waals surface area (Å²) in [5.74, 6) is -0.873. The number of ether oxygens (including phenoxy) is 1. The van der Waals surface area contributed by atoms with E-state index in [1.165, 1.54) is 34.2 Å². The first-order chi connectivity index (χ1) is 15.2. The van der Waals surface area contributed by atoms with Crippen LogP contribution in [-0.2, 0) is 21.9 Å². The fourth-order valence-electron chi connectivity index (χ4n) is 3.79. The summed E-state index contributed by atoms with van der Waals surface area (Å²) in [5, 5.41) is 3.16. The number of hydrogen-bond acceptors (Lipinski definition) is 6. The number of hydrogen-bond donors (Lipinski definition) is 1. The van der Waals surface area contributed by atoms with Crippen molar-refractivity contribution in [2.24, 2.45) is 13.0 Å². The maximum Gasteiger partial charge on any atom is 0.419 e. The molecule has 1 amide bonds. The zero-order valence-electron chi connectivity index (χ0n) is 17.5. The Kier molecular flexibility index (Phi) is 6.02. The van der Waals surface area contributed by atoms with Gasteiger partial charge in [-0.1, -0.05) is 11.6 Å². The summed E-state index contributed by atoms with van der Waals surface area (Å²) in [7, 11) is -0.820. The topological polar surface area (TPSA) is 111 Å². The van der Waals surface area contributed by atoms with Crippen LogP contribution in [0.15, 0.2) is 50.5 Å². The van der Waals surface area contributed by atoms with Crippen molar-refractivity contribution in [2.45, 2.75) is 17.7 Å². The third-order valence-corrected chi connectivity index (χ3v) is 7.73. The van der Waals surface area contributed by atoms with Crippen LogP contribution in [0.5, 0.6) is 5.75 Å². The highest BCUT2D eigenvalue weighted by Gasteiger charge is 2.33. The molecule has 1 atom stereocenters. The molecule has 9 nitrogen and oxygen atoms in total. The van der Waals surface area contributed by atoms with E-state index in [9.17, 15) is 18.0 Å². The van der Waals surface area contributed by atoms with Crippen LogP contribution in [-0.4, -0.2) is 43.4 Å².